The van der Waals surface area contributed by atoms with Gasteiger partial charge in [0.1, 0.15) is 0 Å². The normalized spacial score (nSPS) is 11.8. The second-order valence-electron chi connectivity index (χ2n) is 12.1. The molecule has 0 aliphatic rings. The fraction of sp³-hybridized carbons (Fsp3) is 0.833. The molecule has 234 valence electrons. The van der Waals surface area contributed by atoms with Crippen LogP contribution in [-0.2, 0) is 14.3 Å². The van der Waals surface area contributed by atoms with Crippen molar-refractivity contribution in [2.24, 2.45) is 0 Å². The highest BCUT2D eigenvalue weighted by molar-refractivity contribution is 7.86. The summed E-state index contributed by atoms with van der Waals surface area (Å²) in [6.45, 7) is 2.59. The van der Waals surface area contributed by atoms with Crippen LogP contribution in [0.15, 0.2) is 35.2 Å². The van der Waals surface area contributed by atoms with Gasteiger partial charge in [0.2, 0.25) is 0 Å². The number of hydrogen-bond acceptors (Lipinski definition) is 3. The Hall–Kier alpha value is -0.870. The average Bonchev–Trinajstić information content (AvgIpc) is 2.97. The van der Waals surface area contributed by atoms with Crippen molar-refractivity contribution in [2.45, 2.75) is 192 Å². The van der Waals surface area contributed by atoms with Gasteiger partial charge in [-0.1, -0.05) is 198 Å². The standard InChI is InChI=1S/C36H66O3S/c1-2-3-4-5-6-7-8-9-10-11-12-13-14-15-16-17-18-19-20-21-22-23-24-25-26-27-28-32-35-39-40(37,38)36-33-30-29-31-34-36/h29-31,33-34H,2-28,32,35H2,1H3. The molecular weight excluding hydrogens is 512 g/mol. The van der Waals surface area contributed by atoms with Gasteiger partial charge in [0.05, 0.1) is 11.5 Å². The quantitative estimate of drug-likeness (QED) is 0.0650. The molecule has 0 unspecified atom stereocenters. The van der Waals surface area contributed by atoms with Crippen molar-refractivity contribution in [1.29, 1.82) is 0 Å². The highest BCUT2D eigenvalue weighted by atomic mass is 32.2. The maximum atomic E-state index is 12.1. The van der Waals surface area contributed by atoms with Crippen LogP contribution in [0, 0.1) is 0 Å². The van der Waals surface area contributed by atoms with E-state index in [4.69, 9.17) is 4.18 Å². The smallest absolute Gasteiger partial charge is 0.266 e. The van der Waals surface area contributed by atoms with Crippen LogP contribution < -0.4 is 0 Å². The lowest BCUT2D eigenvalue weighted by atomic mass is 10.0. The number of rotatable bonds is 31. The summed E-state index contributed by atoms with van der Waals surface area (Å²) in [5, 5.41) is 0. The molecule has 40 heavy (non-hydrogen) atoms. The zero-order chi connectivity index (χ0) is 28.8. The molecule has 0 aliphatic heterocycles. The van der Waals surface area contributed by atoms with Crippen LogP contribution in [0.5, 0.6) is 0 Å². The lowest BCUT2D eigenvalue weighted by molar-refractivity contribution is 0.306. The van der Waals surface area contributed by atoms with Crippen molar-refractivity contribution in [2.75, 3.05) is 6.61 Å². The first-order valence-corrected chi connectivity index (χ1v) is 19.0. The van der Waals surface area contributed by atoms with Crippen LogP contribution in [0.25, 0.3) is 0 Å². The predicted molar refractivity (Wildman–Crippen MR) is 175 cm³/mol. The van der Waals surface area contributed by atoms with E-state index in [-0.39, 0.29) is 11.5 Å². The van der Waals surface area contributed by atoms with E-state index in [9.17, 15) is 8.42 Å². The summed E-state index contributed by atoms with van der Waals surface area (Å²) >= 11 is 0. The van der Waals surface area contributed by atoms with Crippen LogP contribution in [0.1, 0.15) is 187 Å². The van der Waals surface area contributed by atoms with Crippen LogP contribution in [-0.4, -0.2) is 15.0 Å². The zero-order valence-corrected chi connectivity index (χ0v) is 27.3. The van der Waals surface area contributed by atoms with Crippen LogP contribution in [0.2, 0.25) is 0 Å². The second kappa shape index (κ2) is 28.3. The first kappa shape index (κ1) is 37.2. The van der Waals surface area contributed by atoms with Gasteiger partial charge in [0.25, 0.3) is 10.1 Å². The third-order valence-electron chi connectivity index (χ3n) is 8.27. The Morgan fingerprint density at radius 2 is 0.700 bits per heavy atom. The van der Waals surface area contributed by atoms with E-state index >= 15 is 0 Å². The van der Waals surface area contributed by atoms with Gasteiger partial charge >= 0.3 is 0 Å². The summed E-state index contributed by atoms with van der Waals surface area (Å²) in [7, 11) is -3.59. The molecule has 0 aliphatic carbocycles. The lowest BCUT2D eigenvalue weighted by Gasteiger charge is -2.06. The predicted octanol–water partition coefficient (Wildman–Crippen LogP) is 12.3. The largest absolute Gasteiger partial charge is 0.296 e. The molecule has 0 bridgehead atoms. The highest BCUT2D eigenvalue weighted by Gasteiger charge is 2.13. The van der Waals surface area contributed by atoms with Gasteiger partial charge in [0, 0.05) is 0 Å². The van der Waals surface area contributed by atoms with Gasteiger partial charge in [-0.25, -0.2) is 0 Å². The van der Waals surface area contributed by atoms with Crippen molar-refractivity contribution >= 4 is 10.1 Å². The topological polar surface area (TPSA) is 43.4 Å². The van der Waals surface area contributed by atoms with Crippen molar-refractivity contribution < 1.29 is 12.6 Å². The molecule has 1 aromatic rings. The molecule has 1 aromatic carbocycles. The molecular formula is C36H66O3S. The maximum absolute atomic E-state index is 12.1. The summed E-state index contributed by atoms with van der Waals surface area (Å²) in [4.78, 5) is 0.246. The van der Waals surface area contributed by atoms with Crippen LogP contribution >= 0.6 is 0 Å². The number of hydrogen-bond donors (Lipinski definition) is 0. The highest BCUT2D eigenvalue weighted by Crippen LogP contribution is 2.17. The molecule has 0 spiro atoms. The lowest BCUT2D eigenvalue weighted by Crippen LogP contribution is -2.07. The van der Waals surface area contributed by atoms with Gasteiger partial charge in [-0.3, -0.25) is 4.18 Å². The Morgan fingerprint density at radius 3 is 1.00 bits per heavy atom. The minimum absolute atomic E-state index is 0.246. The maximum Gasteiger partial charge on any atom is 0.296 e. The van der Waals surface area contributed by atoms with Crippen LogP contribution in [0.3, 0.4) is 0 Å². The number of unbranched alkanes of at least 4 members (excludes halogenated alkanes) is 27. The first-order valence-electron chi connectivity index (χ1n) is 17.6. The third-order valence-corrected chi connectivity index (χ3v) is 9.59. The fourth-order valence-corrected chi connectivity index (χ4v) is 6.56. The van der Waals surface area contributed by atoms with Gasteiger partial charge in [-0.15, -0.1) is 0 Å². The van der Waals surface area contributed by atoms with Crippen molar-refractivity contribution in [3.63, 3.8) is 0 Å². The van der Waals surface area contributed by atoms with Crippen molar-refractivity contribution in [1.82, 2.24) is 0 Å². The van der Waals surface area contributed by atoms with E-state index in [1.807, 2.05) is 6.07 Å². The average molecular weight is 579 g/mol. The van der Waals surface area contributed by atoms with Crippen LogP contribution in [0.4, 0.5) is 0 Å². The number of benzene rings is 1. The van der Waals surface area contributed by atoms with Crippen molar-refractivity contribution in [3.8, 4) is 0 Å². The van der Waals surface area contributed by atoms with E-state index in [1.165, 1.54) is 167 Å². The molecule has 0 amide bonds. The summed E-state index contributed by atoms with van der Waals surface area (Å²) in [6, 6.07) is 8.41. The molecule has 0 N–H and O–H groups in total. The third kappa shape index (κ3) is 23.8. The SMILES string of the molecule is CCCCCCCCCCCCCCCCCCCCCCCCCCCCCCOS(=O)(=O)c1ccccc1. The first-order chi connectivity index (χ1) is 19.7. The Morgan fingerprint density at radius 1 is 0.425 bits per heavy atom. The summed E-state index contributed by atoms with van der Waals surface area (Å²) in [5.74, 6) is 0. The van der Waals surface area contributed by atoms with Gasteiger partial charge in [0.15, 0.2) is 0 Å². The fourth-order valence-electron chi connectivity index (χ4n) is 5.60. The molecule has 4 heteroatoms. The molecule has 0 saturated carbocycles. The summed E-state index contributed by atoms with van der Waals surface area (Å²) in [5.41, 5.74) is 0. The Balaban J connectivity index is 1.69. The monoisotopic (exact) mass is 578 g/mol. The molecule has 1 rings (SSSR count). The molecule has 3 nitrogen and oxygen atoms in total. The van der Waals surface area contributed by atoms with Gasteiger partial charge in [-0.2, -0.15) is 8.42 Å². The van der Waals surface area contributed by atoms with E-state index < -0.39 is 10.1 Å². The zero-order valence-electron chi connectivity index (χ0n) is 26.5. The van der Waals surface area contributed by atoms with E-state index in [2.05, 4.69) is 6.92 Å². The Kier molecular flexibility index (Phi) is 26.2. The summed E-state index contributed by atoms with van der Waals surface area (Å²) in [6.07, 6.45) is 38.7. The molecule has 0 fully saturated rings. The Bertz CT molecular complexity index is 732. The molecule has 0 heterocycles. The van der Waals surface area contributed by atoms with Gasteiger partial charge < -0.3 is 0 Å². The Labute approximate surface area is 250 Å². The molecule has 0 radical (unpaired) electrons. The molecule has 0 atom stereocenters. The van der Waals surface area contributed by atoms with E-state index in [0.29, 0.717) is 0 Å². The molecule has 0 saturated heterocycles. The summed E-state index contributed by atoms with van der Waals surface area (Å²) < 4.78 is 29.3. The second-order valence-corrected chi connectivity index (χ2v) is 13.8. The minimum atomic E-state index is -3.59. The van der Waals surface area contributed by atoms with E-state index in [0.717, 1.165) is 12.8 Å². The molecule has 0 aromatic heterocycles. The van der Waals surface area contributed by atoms with Gasteiger partial charge in [-0.05, 0) is 18.6 Å². The van der Waals surface area contributed by atoms with Crippen molar-refractivity contribution in [3.05, 3.63) is 30.3 Å². The minimum Gasteiger partial charge on any atom is -0.266 e. The van der Waals surface area contributed by atoms with E-state index in [1.54, 1.807) is 24.3 Å².